The minimum absolute atomic E-state index is 0.301. The largest absolute Gasteiger partial charge is 0.254 e. The quantitative estimate of drug-likeness (QED) is 0.706. The van der Waals surface area contributed by atoms with Crippen LogP contribution in [0.15, 0.2) is 23.1 Å². The first-order chi connectivity index (χ1) is 8.85. The Morgan fingerprint density at radius 1 is 1.26 bits per heavy atom. The van der Waals surface area contributed by atoms with Gasteiger partial charge in [-0.25, -0.2) is 0 Å². The lowest BCUT2D eigenvalue weighted by molar-refractivity contribution is 0.432. The predicted molar refractivity (Wildman–Crippen MR) is 81.0 cm³/mol. The molecule has 1 aromatic carbocycles. The van der Waals surface area contributed by atoms with Gasteiger partial charge in [0.25, 0.3) is 0 Å². The molecule has 0 N–H and O–H groups in total. The van der Waals surface area contributed by atoms with Crippen LogP contribution in [0.4, 0.5) is 0 Å². The molecule has 1 rings (SSSR count). The number of hydrogen-bond acceptors (Lipinski definition) is 2. The molecule has 0 aliphatic carbocycles. The van der Waals surface area contributed by atoms with Crippen LogP contribution in [-0.2, 0) is 10.8 Å². The zero-order valence-corrected chi connectivity index (χ0v) is 13.4. The zero-order valence-electron chi connectivity index (χ0n) is 11.1. The van der Waals surface area contributed by atoms with E-state index in [4.69, 9.17) is 28.5 Å². The van der Waals surface area contributed by atoms with E-state index in [1.807, 2.05) is 13.8 Å². The standard InChI is InChI=1S/C14H17Cl2NOS/c1-14(2,10-17)7-3-4-8-19(18)11-5-6-12(15)13(16)9-11/h5-6,9H,3-4,7-8H2,1-2H3. The van der Waals surface area contributed by atoms with Crippen LogP contribution in [0.2, 0.25) is 10.0 Å². The topological polar surface area (TPSA) is 40.9 Å². The molecule has 0 aromatic heterocycles. The van der Waals surface area contributed by atoms with E-state index in [-0.39, 0.29) is 5.41 Å². The van der Waals surface area contributed by atoms with Crippen LogP contribution in [0, 0.1) is 16.7 Å². The third kappa shape index (κ3) is 5.52. The van der Waals surface area contributed by atoms with Crippen molar-refractivity contribution in [3.63, 3.8) is 0 Å². The highest BCUT2D eigenvalue weighted by atomic mass is 35.5. The molecule has 0 aliphatic heterocycles. The fourth-order valence-electron chi connectivity index (χ4n) is 1.59. The van der Waals surface area contributed by atoms with Gasteiger partial charge in [0.15, 0.2) is 0 Å². The zero-order chi connectivity index (χ0) is 14.5. The Morgan fingerprint density at radius 2 is 1.95 bits per heavy atom. The van der Waals surface area contributed by atoms with Crippen molar-refractivity contribution in [3.8, 4) is 6.07 Å². The fraction of sp³-hybridized carbons (Fsp3) is 0.500. The molecule has 0 bridgehead atoms. The van der Waals surface area contributed by atoms with Crippen molar-refractivity contribution in [3.05, 3.63) is 28.2 Å². The third-order valence-electron chi connectivity index (χ3n) is 2.84. The van der Waals surface area contributed by atoms with E-state index < -0.39 is 10.8 Å². The smallest absolute Gasteiger partial charge is 0.0683 e. The first-order valence-electron chi connectivity index (χ1n) is 6.10. The number of nitrogens with zero attached hydrogens (tertiary/aromatic N) is 1. The van der Waals surface area contributed by atoms with Gasteiger partial charge in [-0.3, -0.25) is 4.21 Å². The number of unbranched alkanes of at least 4 members (excludes halogenated alkanes) is 1. The van der Waals surface area contributed by atoms with Crippen LogP contribution >= 0.6 is 23.2 Å². The Kier molecular flexibility index (Phi) is 6.32. The van der Waals surface area contributed by atoms with Gasteiger partial charge in [0.05, 0.1) is 32.3 Å². The lowest BCUT2D eigenvalue weighted by atomic mass is 9.89. The molecule has 2 nitrogen and oxygen atoms in total. The second kappa shape index (κ2) is 7.28. The van der Waals surface area contributed by atoms with Crippen molar-refractivity contribution in [2.75, 3.05) is 5.75 Å². The number of benzene rings is 1. The average Bonchev–Trinajstić information content (AvgIpc) is 2.37. The molecule has 104 valence electrons. The first kappa shape index (κ1) is 16.5. The maximum atomic E-state index is 12.0. The molecule has 0 saturated carbocycles. The number of hydrogen-bond donors (Lipinski definition) is 0. The van der Waals surface area contributed by atoms with Gasteiger partial charge in [0, 0.05) is 10.6 Å². The highest BCUT2D eigenvalue weighted by molar-refractivity contribution is 7.85. The van der Waals surface area contributed by atoms with Crippen LogP contribution in [0.5, 0.6) is 0 Å². The maximum absolute atomic E-state index is 12.0. The highest BCUT2D eigenvalue weighted by Gasteiger charge is 2.16. The SMILES string of the molecule is CC(C)(C#N)CCCCS(=O)c1ccc(Cl)c(Cl)c1. The molecule has 5 heteroatoms. The van der Waals surface area contributed by atoms with Crippen molar-refractivity contribution in [1.29, 1.82) is 5.26 Å². The Bertz CT molecular complexity index is 509. The fourth-order valence-corrected chi connectivity index (χ4v) is 3.13. The van der Waals surface area contributed by atoms with Gasteiger partial charge in [-0.15, -0.1) is 0 Å². The van der Waals surface area contributed by atoms with Crippen molar-refractivity contribution in [2.45, 2.75) is 38.0 Å². The summed E-state index contributed by atoms with van der Waals surface area (Å²) in [5.41, 5.74) is -0.301. The van der Waals surface area contributed by atoms with Crippen molar-refractivity contribution in [1.82, 2.24) is 0 Å². The van der Waals surface area contributed by atoms with E-state index in [0.717, 1.165) is 19.3 Å². The van der Waals surface area contributed by atoms with Crippen molar-refractivity contribution in [2.24, 2.45) is 5.41 Å². The van der Waals surface area contributed by atoms with Crippen LogP contribution in [0.1, 0.15) is 33.1 Å². The van der Waals surface area contributed by atoms with Gasteiger partial charge in [-0.2, -0.15) is 5.26 Å². The van der Waals surface area contributed by atoms with Crippen molar-refractivity contribution < 1.29 is 4.21 Å². The van der Waals surface area contributed by atoms with Crippen LogP contribution in [-0.4, -0.2) is 9.96 Å². The molecule has 0 aliphatic rings. The molecule has 0 fully saturated rings. The van der Waals surface area contributed by atoms with Gasteiger partial charge in [0.1, 0.15) is 0 Å². The lowest BCUT2D eigenvalue weighted by Crippen LogP contribution is -2.08. The lowest BCUT2D eigenvalue weighted by Gasteiger charge is -2.14. The van der Waals surface area contributed by atoms with Gasteiger partial charge >= 0.3 is 0 Å². The summed E-state index contributed by atoms with van der Waals surface area (Å²) in [4.78, 5) is 0.703. The summed E-state index contributed by atoms with van der Waals surface area (Å²) in [6.45, 7) is 3.84. The molecular formula is C14H17Cl2NOS. The van der Waals surface area contributed by atoms with Crippen LogP contribution in [0.3, 0.4) is 0 Å². The molecule has 19 heavy (non-hydrogen) atoms. The van der Waals surface area contributed by atoms with Crippen LogP contribution in [0.25, 0.3) is 0 Å². The normalized spacial score (nSPS) is 13.0. The number of halogens is 2. The first-order valence-corrected chi connectivity index (χ1v) is 8.18. The van der Waals surface area contributed by atoms with E-state index in [9.17, 15) is 4.21 Å². The number of rotatable bonds is 6. The summed E-state index contributed by atoms with van der Waals surface area (Å²) in [7, 11) is -1.06. The Morgan fingerprint density at radius 3 is 2.53 bits per heavy atom. The van der Waals surface area contributed by atoms with Gasteiger partial charge in [0.2, 0.25) is 0 Å². The van der Waals surface area contributed by atoms with E-state index in [1.54, 1.807) is 18.2 Å². The van der Waals surface area contributed by atoms with Gasteiger partial charge in [-0.05, 0) is 44.9 Å². The molecule has 0 heterocycles. The second-order valence-electron chi connectivity index (χ2n) is 5.08. The molecule has 1 unspecified atom stereocenters. The van der Waals surface area contributed by atoms with Gasteiger partial charge in [-0.1, -0.05) is 29.6 Å². The van der Waals surface area contributed by atoms with E-state index in [1.165, 1.54) is 0 Å². The van der Waals surface area contributed by atoms with Gasteiger partial charge < -0.3 is 0 Å². The molecule has 0 spiro atoms. The molecule has 1 atom stereocenters. The van der Waals surface area contributed by atoms with E-state index in [0.29, 0.717) is 20.7 Å². The Hall–Kier alpha value is -0.560. The molecule has 1 aromatic rings. The summed E-state index contributed by atoms with van der Waals surface area (Å²) >= 11 is 11.7. The van der Waals surface area contributed by atoms with Crippen LogP contribution < -0.4 is 0 Å². The summed E-state index contributed by atoms with van der Waals surface area (Å²) in [5, 5.41) is 9.80. The summed E-state index contributed by atoms with van der Waals surface area (Å²) < 4.78 is 12.0. The molecule has 0 radical (unpaired) electrons. The van der Waals surface area contributed by atoms with E-state index in [2.05, 4.69) is 6.07 Å². The Labute approximate surface area is 127 Å². The van der Waals surface area contributed by atoms with Crippen molar-refractivity contribution >= 4 is 34.0 Å². The highest BCUT2D eigenvalue weighted by Crippen LogP contribution is 2.25. The summed E-state index contributed by atoms with van der Waals surface area (Å²) in [6.07, 6.45) is 2.55. The Balaban J connectivity index is 2.44. The molecular weight excluding hydrogens is 301 g/mol. The monoisotopic (exact) mass is 317 g/mol. The predicted octanol–water partition coefficient (Wildman–Crippen LogP) is 4.82. The summed E-state index contributed by atoms with van der Waals surface area (Å²) in [6, 6.07) is 7.32. The minimum atomic E-state index is -1.06. The number of nitriles is 1. The average molecular weight is 318 g/mol. The maximum Gasteiger partial charge on any atom is 0.0683 e. The molecule has 0 saturated heterocycles. The summed E-state index contributed by atoms with van der Waals surface area (Å²) in [5.74, 6) is 0.583. The molecule has 0 amide bonds. The minimum Gasteiger partial charge on any atom is -0.254 e. The van der Waals surface area contributed by atoms with E-state index >= 15 is 0 Å². The second-order valence-corrected chi connectivity index (χ2v) is 7.46. The third-order valence-corrected chi connectivity index (χ3v) is 5.02.